The van der Waals surface area contributed by atoms with Crippen molar-refractivity contribution >= 4 is 17.8 Å². The van der Waals surface area contributed by atoms with E-state index < -0.39 is 23.4 Å². The van der Waals surface area contributed by atoms with Crippen LogP contribution in [0.2, 0.25) is 0 Å². The van der Waals surface area contributed by atoms with Crippen molar-refractivity contribution in [3.05, 3.63) is 42.5 Å². The molecule has 1 aliphatic rings. The van der Waals surface area contributed by atoms with E-state index in [9.17, 15) is 14.4 Å². The molecule has 2 aromatic rings. The van der Waals surface area contributed by atoms with Crippen LogP contribution >= 0.6 is 0 Å². The van der Waals surface area contributed by atoms with Crippen LogP contribution in [0, 0.1) is 0 Å². The molecule has 0 spiro atoms. The quantitative estimate of drug-likeness (QED) is 0.755. The van der Waals surface area contributed by atoms with E-state index in [1.807, 2.05) is 24.3 Å². The van der Waals surface area contributed by atoms with E-state index >= 15 is 0 Å². The first-order valence-corrected chi connectivity index (χ1v) is 7.72. The highest BCUT2D eigenvalue weighted by Crippen LogP contribution is 2.16. The Bertz CT molecular complexity index is 815. The van der Waals surface area contributed by atoms with Crippen molar-refractivity contribution in [2.24, 2.45) is 0 Å². The number of para-hydroxylation sites is 1. The zero-order valence-corrected chi connectivity index (χ0v) is 13.9. The first-order valence-electron chi connectivity index (χ1n) is 7.72. The first kappa shape index (κ1) is 16.6. The van der Waals surface area contributed by atoms with Crippen molar-refractivity contribution in [1.82, 2.24) is 30.3 Å². The van der Waals surface area contributed by atoms with Crippen LogP contribution in [0.5, 0.6) is 0 Å². The summed E-state index contributed by atoms with van der Waals surface area (Å²) in [5.74, 6) is -0.842. The van der Waals surface area contributed by atoms with Gasteiger partial charge in [0.05, 0.1) is 5.69 Å². The maximum absolute atomic E-state index is 12.2. The normalized spacial score (nSPS) is 16.0. The number of nitrogens with one attached hydrogen (secondary N) is 2. The number of rotatable bonds is 5. The van der Waals surface area contributed by atoms with E-state index in [0.717, 1.165) is 16.2 Å². The number of carbonyl (C=O) groups excluding carboxylic acids is 3. The maximum Gasteiger partial charge on any atom is 0.325 e. The average Bonchev–Trinajstić information content (AvgIpc) is 3.16. The molecule has 2 N–H and O–H groups in total. The lowest BCUT2D eigenvalue weighted by Gasteiger charge is -2.16. The molecule has 0 atom stereocenters. The summed E-state index contributed by atoms with van der Waals surface area (Å²) in [7, 11) is 0. The minimum Gasteiger partial charge on any atom is -0.350 e. The standard InChI is InChI=1S/C16H18N6O3/c1-16(2)14(24)21(15(25)20-16)8-13(23)18-7-11-5-3-4-6-12(11)22-10-17-9-19-22/h3-6,9-10H,7-8H2,1-2H3,(H,18,23)(H,20,25). The molecule has 0 saturated carbocycles. The SMILES string of the molecule is CC1(C)NC(=O)N(CC(=O)NCc2ccccc2-n2cncn2)C1=O. The van der Waals surface area contributed by atoms with Crippen molar-refractivity contribution in [2.75, 3.05) is 6.54 Å². The molecular weight excluding hydrogens is 324 g/mol. The number of imide groups is 1. The second kappa shape index (κ2) is 6.34. The molecule has 0 aliphatic carbocycles. The van der Waals surface area contributed by atoms with Gasteiger partial charge in [-0.05, 0) is 25.5 Å². The van der Waals surface area contributed by atoms with E-state index in [1.54, 1.807) is 24.9 Å². The smallest absolute Gasteiger partial charge is 0.325 e. The van der Waals surface area contributed by atoms with Crippen LogP contribution in [0.4, 0.5) is 4.79 Å². The molecule has 4 amide bonds. The summed E-state index contributed by atoms with van der Waals surface area (Å²) >= 11 is 0. The highest BCUT2D eigenvalue weighted by atomic mass is 16.2. The van der Waals surface area contributed by atoms with Crippen LogP contribution in [-0.2, 0) is 16.1 Å². The monoisotopic (exact) mass is 342 g/mol. The van der Waals surface area contributed by atoms with Gasteiger partial charge < -0.3 is 10.6 Å². The molecular formula is C16H18N6O3. The van der Waals surface area contributed by atoms with Gasteiger partial charge in [0.15, 0.2) is 0 Å². The summed E-state index contributed by atoms with van der Waals surface area (Å²) in [5, 5.41) is 9.34. The fourth-order valence-corrected chi connectivity index (χ4v) is 2.57. The van der Waals surface area contributed by atoms with Crippen LogP contribution in [0.3, 0.4) is 0 Å². The molecule has 9 nitrogen and oxygen atoms in total. The van der Waals surface area contributed by atoms with E-state index in [2.05, 4.69) is 20.7 Å². The molecule has 1 saturated heterocycles. The lowest BCUT2D eigenvalue weighted by Crippen LogP contribution is -2.43. The summed E-state index contributed by atoms with van der Waals surface area (Å²) in [5.41, 5.74) is 0.632. The van der Waals surface area contributed by atoms with Gasteiger partial charge >= 0.3 is 6.03 Å². The Kier molecular flexibility index (Phi) is 4.22. The molecule has 0 unspecified atom stereocenters. The second-order valence-electron chi connectivity index (χ2n) is 6.19. The summed E-state index contributed by atoms with van der Waals surface area (Å²) in [6.45, 7) is 3.11. The third-order valence-electron chi connectivity index (χ3n) is 3.88. The summed E-state index contributed by atoms with van der Waals surface area (Å²) in [6.07, 6.45) is 2.99. The second-order valence-corrected chi connectivity index (χ2v) is 6.19. The lowest BCUT2D eigenvalue weighted by atomic mass is 10.1. The van der Waals surface area contributed by atoms with E-state index in [0.29, 0.717) is 0 Å². The minimum atomic E-state index is -0.989. The fourth-order valence-electron chi connectivity index (χ4n) is 2.57. The maximum atomic E-state index is 12.2. The van der Waals surface area contributed by atoms with Gasteiger partial charge in [0, 0.05) is 6.54 Å². The molecule has 9 heteroatoms. The third kappa shape index (κ3) is 3.35. The Morgan fingerprint density at radius 2 is 2.04 bits per heavy atom. The molecule has 130 valence electrons. The Labute approximate surface area is 144 Å². The van der Waals surface area contributed by atoms with Crippen LogP contribution < -0.4 is 10.6 Å². The third-order valence-corrected chi connectivity index (χ3v) is 3.88. The molecule has 1 aromatic heterocycles. The van der Waals surface area contributed by atoms with Crippen molar-refractivity contribution in [1.29, 1.82) is 0 Å². The number of benzene rings is 1. The van der Waals surface area contributed by atoms with Crippen molar-refractivity contribution in [3.63, 3.8) is 0 Å². The number of nitrogens with zero attached hydrogens (tertiary/aromatic N) is 4. The van der Waals surface area contributed by atoms with Gasteiger partial charge in [0.25, 0.3) is 5.91 Å². The number of amides is 4. The molecule has 0 radical (unpaired) electrons. The summed E-state index contributed by atoms with van der Waals surface area (Å²) in [4.78, 5) is 40.9. The van der Waals surface area contributed by atoms with Gasteiger partial charge in [-0.25, -0.2) is 14.5 Å². The minimum absolute atomic E-state index is 0.238. The highest BCUT2D eigenvalue weighted by Gasteiger charge is 2.44. The van der Waals surface area contributed by atoms with Crippen LogP contribution in [0.1, 0.15) is 19.4 Å². The molecule has 0 bridgehead atoms. The van der Waals surface area contributed by atoms with E-state index in [4.69, 9.17) is 0 Å². The number of carbonyl (C=O) groups is 3. The van der Waals surface area contributed by atoms with Gasteiger partial charge in [0.2, 0.25) is 5.91 Å². The molecule has 1 aromatic carbocycles. The van der Waals surface area contributed by atoms with Crippen LogP contribution in [0.25, 0.3) is 5.69 Å². The van der Waals surface area contributed by atoms with E-state index in [1.165, 1.54) is 6.33 Å². The van der Waals surface area contributed by atoms with Gasteiger partial charge in [-0.15, -0.1) is 0 Å². The highest BCUT2D eigenvalue weighted by molar-refractivity contribution is 6.08. The largest absolute Gasteiger partial charge is 0.350 e. The molecule has 1 aliphatic heterocycles. The first-order chi connectivity index (χ1) is 11.9. The lowest BCUT2D eigenvalue weighted by molar-refractivity contribution is -0.134. The van der Waals surface area contributed by atoms with Gasteiger partial charge in [-0.2, -0.15) is 5.10 Å². The van der Waals surface area contributed by atoms with Gasteiger partial charge in [0.1, 0.15) is 24.7 Å². The summed E-state index contributed by atoms with van der Waals surface area (Å²) in [6, 6.07) is 6.86. The number of hydrogen-bond donors (Lipinski definition) is 2. The van der Waals surface area contributed by atoms with Gasteiger partial charge in [-0.1, -0.05) is 18.2 Å². The van der Waals surface area contributed by atoms with Crippen molar-refractivity contribution < 1.29 is 14.4 Å². The van der Waals surface area contributed by atoms with Crippen molar-refractivity contribution in [3.8, 4) is 5.69 Å². The molecule has 3 rings (SSSR count). The predicted octanol–water partition coefficient (Wildman–Crippen LogP) is 0.214. The Balaban J connectivity index is 1.64. The number of urea groups is 1. The summed E-state index contributed by atoms with van der Waals surface area (Å²) < 4.78 is 1.60. The fraction of sp³-hybridized carbons (Fsp3) is 0.312. The Hall–Kier alpha value is -3.23. The molecule has 2 heterocycles. The topological polar surface area (TPSA) is 109 Å². The zero-order valence-electron chi connectivity index (χ0n) is 13.9. The van der Waals surface area contributed by atoms with Crippen LogP contribution in [0.15, 0.2) is 36.9 Å². The van der Waals surface area contributed by atoms with Gasteiger partial charge in [-0.3, -0.25) is 14.5 Å². The Morgan fingerprint density at radius 1 is 1.28 bits per heavy atom. The predicted molar refractivity (Wildman–Crippen MR) is 87.5 cm³/mol. The van der Waals surface area contributed by atoms with Crippen LogP contribution in [-0.4, -0.2) is 49.6 Å². The van der Waals surface area contributed by atoms with E-state index in [-0.39, 0.29) is 13.1 Å². The molecule has 1 fully saturated rings. The number of hydrogen-bond acceptors (Lipinski definition) is 5. The van der Waals surface area contributed by atoms with Crippen molar-refractivity contribution in [2.45, 2.75) is 25.9 Å². The zero-order chi connectivity index (χ0) is 18.0. The molecule has 25 heavy (non-hydrogen) atoms. The average molecular weight is 342 g/mol. The number of aromatic nitrogens is 3. The Morgan fingerprint density at radius 3 is 2.68 bits per heavy atom.